The highest BCUT2D eigenvalue weighted by Gasteiger charge is 2.18. The normalized spacial score (nSPS) is 11.2. The minimum absolute atomic E-state index is 0.00726. The lowest BCUT2D eigenvalue weighted by Crippen LogP contribution is -2.27. The number of benzene rings is 3. The Kier molecular flexibility index (Phi) is 7.87. The zero-order chi connectivity index (χ0) is 23.1. The molecule has 0 fully saturated rings. The fraction of sp³-hybridized carbons (Fsp3) is 0.174. The van der Waals surface area contributed by atoms with E-state index in [4.69, 9.17) is 21.1 Å². The van der Waals surface area contributed by atoms with Crippen molar-refractivity contribution in [1.29, 1.82) is 0 Å². The van der Waals surface area contributed by atoms with Gasteiger partial charge in [0.25, 0.3) is 5.91 Å². The molecule has 0 aromatic heterocycles. The number of aryl methyl sites for hydroxylation is 1. The lowest BCUT2D eigenvalue weighted by atomic mass is 10.1. The van der Waals surface area contributed by atoms with Crippen molar-refractivity contribution in [3.8, 4) is 11.5 Å². The molecule has 0 aliphatic heterocycles. The van der Waals surface area contributed by atoms with Crippen LogP contribution >= 0.6 is 11.6 Å². The number of hydrogen-bond donors (Lipinski definition) is 2. The Balaban J connectivity index is 1.72. The lowest BCUT2D eigenvalue weighted by molar-refractivity contribution is 0.102. The maximum absolute atomic E-state index is 12.8. The molecule has 0 atom stereocenters. The van der Waals surface area contributed by atoms with E-state index in [9.17, 15) is 13.2 Å². The van der Waals surface area contributed by atoms with Crippen molar-refractivity contribution in [1.82, 2.24) is 4.72 Å². The Hall–Kier alpha value is -2.91. The fourth-order valence-electron chi connectivity index (χ4n) is 2.83. The van der Waals surface area contributed by atoms with E-state index in [0.29, 0.717) is 27.8 Å². The summed E-state index contributed by atoms with van der Waals surface area (Å²) in [5.41, 5.74) is 1.44. The van der Waals surface area contributed by atoms with Gasteiger partial charge in [-0.15, -0.1) is 0 Å². The fourth-order valence-corrected chi connectivity index (χ4v) is 4.05. The highest BCUT2D eigenvalue weighted by molar-refractivity contribution is 7.89. The molecule has 0 unspecified atom stereocenters. The third-order valence-corrected chi connectivity index (χ3v) is 6.31. The van der Waals surface area contributed by atoms with E-state index in [0.717, 1.165) is 0 Å². The van der Waals surface area contributed by atoms with Crippen molar-refractivity contribution in [2.45, 2.75) is 11.8 Å². The van der Waals surface area contributed by atoms with Gasteiger partial charge in [0.15, 0.2) is 0 Å². The van der Waals surface area contributed by atoms with Crippen molar-refractivity contribution in [2.24, 2.45) is 0 Å². The molecule has 0 bridgehead atoms. The Bertz CT molecular complexity index is 1200. The number of halogens is 1. The smallest absolute Gasteiger partial charge is 0.255 e. The molecular formula is C23H23ClN2O5S. The Morgan fingerprint density at radius 1 is 1.03 bits per heavy atom. The van der Waals surface area contributed by atoms with E-state index in [1.807, 2.05) is 12.1 Å². The van der Waals surface area contributed by atoms with Gasteiger partial charge in [0, 0.05) is 24.9 Å². The molecule has 0 aliphatic carbocycles. The lowest BCUT2D eigenvalue weighted by Gasteiger charge is -2.12. The number of ether oxygens (including phenoxy) is 2. The molecule has 32 heavy (non-hydrogen) atoms. The molecule has 2 N–H and O–H groups in total. The minimum Gasteiger partial charge on any atom is -0.456 e. The third-order valence-electron chi connectivity index (χ3n) is 4.54. The molecule has 0 radical (unpaired) electrons. The monoisotopic (exact) mass is 474 g/mol. The number of rotatable bonds is 9. The van der Waals surface area contributed by atoms with Crippen LogP contribution in [0, 0.1) is 6.92 Å². The first kappa shape index (κ1) is 23.7. The number of methoxy groups -OCH3 is 1. The third kappa shape index (κ3) is 6.08. The van der Waals surface area contributed by atoms with Gasteiger partial charge in [-0.05, 0) is 61.0 Å². The number of sulfonamides is 1. The summed E-state index contributed by atoms with van der Waals surface area (Å²) >= 11 is 6.10. The summed E-state index contributed by atoms with van der Waals surface area (Å²) in [5.74, 6) is 0.664. The zero-order valence-corrected chi connectivity index (χ0v) is 19.2. The van der Waals surface area contributed by atoms with Crippen molar-refractivity contribution in [3.05, 3.63) is 82.9 Å². The van der Waals surface area contributed by atoms with Crippen LogP contribution in [0.2, 0.25) is 5.02 Å². The summed E-state index contributed by atoms with van der Waals surface area (Å²) in [7, 11) is -2.27. The van der Waals surface area contributed by atoms with Crippen LogP contribution in [0.1, 0.15) is 15.9 Å². The van der Waals surface area contributed by atoms with Gasteiger partial charge in [0.1, 0.15) is 11.5 Å². The van der Waals surface area contributed by atoms with Gasteiger partial charge in [-0.2, -0.15) is 0 Å². The van der Waals surface area contributed by atoms with Crippen LogP contribution < -0.4 is 14.8 Å². The predicted octanol–water partition coefficient (Wildman–Crippen LogP) is 4.62. The summed E-state index contributed by atoms with van der Waals surface area (Å²) in [6.45, 7) is 2.12. The number of amides is 1. The second-order valence-corrected chi connectivity index (χ2v) is 9.05. The predicted molar refractivity (Wildman–Crippen MR) is 124 cm³/mol. The minimum atomic E-state index is -3.75. The van der Waals surface area contributed by atoms with Crippen LogP contribution in [-0.4, -0.2) is 34.6 Å². The largest absolute Gasteiger partial charge is 0.456 e. The van der Waals surface area contributed by atoms with Crippen molar-refractivity contribution in [2.75, 3.05) is 25.6 Å². The molecule has 3 rings (SSSR count). The Morgan fingerprint density at radius 2 is 1.75 bits per heavy atom. The van der Waals surface area contributed by atoms with Gasteiger partial charge in [0.05, 0.1) is 16.5 Å². The number of carbonyl (C=O) groups is 1. The quantitative estimate of drug-likeness (QED) is 0.441. The molecule has 1 amide bonds. The van der Waals surface area contributed by atoms with Crippen LogP contribution in [0.25, 0.3) is 0 Å². The molecule has 3 aromatic rings. The number of hydrogen-bond acceptors (Lipinski definition) is 5. The van der Waals surface area contributed by atoms with Gasteiger partial charge in [0.2, 0.25) is 10.0 Å². The highest BCUT2D eigenvalue weighted by atomic mass is 35.5. The number of para-hydroxylation sites is 1. The van der Waals surface area contributed by atoms with E-state index in [-0.39, 0.29) is 23.6 Å². The standard InChI is InChI=1S/C23H23ClN2O5S/c1-16-7-12-19(32(28,29)25-13-14-30-2)15-20(16)23(27)26-17-8-10-18(11-9-17)31-22-6-4-3-5-21(22)24/h3-12,15,25H,13-14H2,1-2H3,(H,26,27). The van der Waals surface area contributed by atoms with E-state index in [2.05, 4.69) is 10.0 Å². The first-order valence-corrected chi connectivity index (χ1v) is 11.6. The van der Waals surface area contributed by atoms with Crippen LogP contribution in [-0.2, 0) is 14.8 Å². The van der Waals surface area contributed by atoms with Crippen molar-refractivity contribution >= 4 is 33.2 Å². The van der Waals surface area contributed by atoms with Crippen LogP contribution in [0.15, 0.2) is 71.6 Å². The van der Waals surface area contributed by atoms with E-state index >= 15 is 0 Å². The molecule has 0 saturated carbocycles. The summed E-state index contributed by atoms with van der Waals surface area (Å²) in [6.07, 6.45) is 0. The van der Waals surface area contributed by atoms with Gasteiger partial charge in [-0.3, -0.25) is 4.79 Å². The van der Waals surface area contributed by atoms with Gasteiger partial charge >= 0.3 is 0 Å². The molecule has 168 valence electrons. The zero-order valence-electron chi connectivity index (χ0n) is 17.6. The molecule has 7 nitrogen and oxygen atoms in total. The molecule has 9 heteroatoms. The molecule has 0 spiro atoms. The molecule has 0 aliphatic rings. The van der Waals surface area contributed by atoms with Crippen molar-refractivity contribution in [3.63, 3.8) is 0 Å². The topological polar surface area (TPSA) is 93.7 Å². The molecule has 0 saturated heterocycles. The molecule has 3 aromatic carbocycles. The summed E-state index contributed by atoms with van der Waals surface area (Å²) < 4.78 is 37.9. The average Bonchev–Trinajstić information content (AvgIpc) is 2.77. The van der Waals surface area contributed by atoms with Crippen molar-refractivity contribution < 1.29 is 22.7 Å². The SMILES string of the molecule is COCCNS(=O)(=O)c1ccc(C)c(C(=O)Nc2ccc(Oc3ccccc3Cl)cc2)c1. The summed E-state index contributed by atoms with van der Waals surface area (Å²) in [6, 6.07) is 18.3. The molecule has 0 heterocycles. The average molecular weight is 475 g/mol. The number of anilines is 1. The van der Waals surface area contributed by atoms with Crippen LogP contribution in [0.5, 0.6) is 11.5 Å². The first-order chi connectivity index (χ1) is 15.3. The van der Waals surface area contributed by atoms with Crippen LogP contribution in [0.4, 0.5) is 5.69 Å². The van der Waals surface area contributed by atoms with Gasteiger partial charge in [-0.25, -0.2) is 13.1 Å². The van der Waals surface area contributed by atoms with Gasteiger partial charge < -0.3 is 14.8 Å². The maximum Gasteiger partial charge on any atom is 0.255 e. The van der Waals surface area contributed by atoms with E-state index in [1.165, 1.54) is 19.2 Å². The highest BCUT2D eigenvalue weighted by Crippen LogP contribution is 2.29. The number of nitrogens with one attached hydrogen (secondary N) is 2. The summed E-state index contributed by atoms with van der Waals surface area (Å²) in [5, 5.41) is 3.27. The second-order valence-electron chi connectivity index (χ2n) is 6.88. The Labute approximate surface area is 192 Å². The van der Waals surface area contributed by atoms with Gasteiger partial charge in [-0.1, -0.05) is 29.8 Å². The Morgan fingerprint density at radius 3 is 2.44 bits per heavy atom. The number of carbonyl (C=O) groups excluding carboxylic acids is 1. The molecular weight excluding hydrogens is 452 g/mol. The van der Waals surface area contributed by atoms with E-state index in [1.54, 1.807) is 49.4 Å². The maximum atomic E-state index is 12.8. The second kappa shape index (κ2) is 10.6. The van der Waals surface area contributed by atoms with Crippen LogP contribution in [0.3, 0.4) is 0 Å². The summed E-state index contributed by atoms with van der Waals surface area (Å²) in [4.78, 5) is 12.8. The first-order valence-electron chi connectivity index (χ1n) is 9.73. The van der Waals surface area contributed by atoms with E-state index < -0.39 is 15.9 Å².